The summed E-state index contributed by atoms with van der Waals surface area (Å²) in [6, 6.07) is 11.4. The zero-order chi connectivity index (χ0) is 19.4. The summed E-state index contributed by atoms with van der Waals surface area (Å²) in [6.45, 7) is 0.157. The Morgan fingerprint density at radius 2 is 1.89 bits per heavy atom. The molecule has 2 amide bonds. The molecule has 3 rings (SSSR count). The number of rotatable bonds is 4. The highest BCUT2D eigenvalue weighted by Gasteiger charge is 2.11. The lowest BCUT2D eigenvalue weighted by molar-refractivity contribution is 0.251. The van der Waals surface area contributed by atoms with E-state index in [0.29, 0.717) is 32.2 Å². The Balaban J connectivity index is 1.81. The van der Waals surface area contributed by atoms with E-state index in [4.69, 9.17) is 29.6 Å². The van der Waals surface area contributed by atoms with Crippen molar-refractivity contribution < 1.29 is 4.79 Å². The van der Waals surface area contributed by atoms with Crippen LogP contribution in [-0.2, 0) is 13.1 Å². The van der Waals surface area contributed by atoms with Crippen molar-refractivity contribution in [1.82, 2.24) is 15.1 Å². The quantitative estimate of drug-likeness (QED) is 0.656. The molecule has 0 fully saturated rings. The number of fused-ring (bicyclic) bond motifs is 1. The second kappa shape index (κ2) is 8.12. The smallest absolute Gasteiger partial charge is 0.319 e. The number of hydrogen-bond acceptors (Lipinski definition) is 3. The molecule has 27 heavy (non-hydrogen) atoms. The van der Waals surface area contributed by atoms with Crippen molar-refractivity contribution in [3.8, 4) is 12.3 Å². The van der Waals surface area contributed by atoms with E-state index in [1.807, 2.05) is 0 Å². The summed E-state index contributed by atoms with van der Waals surface area (Å²) in [6.07, 6.45) is 5.30. The van der Waals surface area contributed by atoms with E-state index >= 15 is 0 Å². The summed E-state index contributed by atoms with van der Waals surface area (Å²) in [7, 11) is 0. The number of carbonyl (C=O) groups is 1. The van der Waals surface area contributed by atoms with Crippen LogP contribution in [0.3, 0.4) is 0 Å². The number of nitrogens with zero attached hydrogens (tertiary/aromatic N) is 2. The van der Waals surface area contributed by atoms with Crippen molar-refractivity contribution in [3.63, 3.8) is 0 Å². The van der Waals surface area contributed by atoms with Crippen LogP contribution in [0.15, 0.2) is 47.3 Å². The molecule has 0 saturated carbocycles. The molecule has 0 spiro atoms. The fourth-order valence-corrected chi connectivity index (χ4v) is 2.84. The number of nitrogens with one attached hydrogen (secondary N) is 2. The van der Waals surface area contributed by atoms with Crippen LogP contribution < -0.4 is 16.2 Å². The minimum atomic E-state index is -0.450. The summed E-state index contributed by atoms with van der Waals surface area (Å²) >= 11 is 11.8. The van der Waals surface area contributed by atoms with E-state index in [9.17, 15) is 9.59 Å². The van der Waals surface area contributed by atoms with Gasteiger partial charge in [0, 0.05) is 11.1 Å². The van der Waals surface area contributed by atoms with Crippen LogP contribution in [0.4, 0.5) is 10.5 Å². The third kappa shape index (κ3) is 4.22. The lowest BCUT2D eigenvalue weighted by Crippen LogP contribution is -2.31. The standard InChI is InChI=1S/C19H14Cl2N4O2/c1-2-9-25-18(26)14-6-4-3-5-13(14)17(24-25)11-22-19(27)23-12-7-8-15(20)16(21)10-12/h1,3-8,10H,9,11H2,(H2,22,23,27). The molecule has 0 aliphatic rings. The lowest BCUT2D eigenvalue weighted by Gasteiger charge is -2.11. The molecule has 0 aliphatic heterocycles. The van der Waals surface area contributed by atoms with E-state index in [1.165, 1.54) is 4.68 Å². The number of terminal acetylenes is 1. The van der Waals surface area contributed by atoms with Crippen LogP contribution in [0.2, 0.25) is 10.0 Å². The Morgan fingerprint density at radius 3 is 2.59 bits per heavy atom. The van der Waals surface area contributed by atoms with Gasteiger partial charge in [-0.25, -0.2) is 9.48 Å². The predicted molar refractivity (Wildman–Crippen MR) is 107 cm³/mol. The van der Waals surface area contributed by atoms with Crippen LogP contribution in [-0.4, -0.2) is 15.8 Å². The molecular formula is C19H14Cl2N4O2. The van der Waals surface area contributed by atoms with Crippen molar-refractivity contribution in [1.29, 1.82) is 0 Å². The van der Waals surface area contributed by atoms with E-state index in [-0.39, 0.29) is 18.6 Å². The minimum absolute atomic E-state index is 0.0478. The normalized spacial score (nSPS) is 10.4. The lowest BCUT2D eigenvalue weighted by atomic mass is 10.1. The van der Waals surface area contributed by atoms with Crippen molar-refractivity contribution in [2.75, 3.05) is 5.32 Å². The van der Waals surface area contributed by atoms with Crippen molar-refractivity contribution in [2.24, 2.45) is 0 Å². The third-order valence-corrected chi connectivity index (χ3v) is 4.52. The number of halogens is 2. The number of urea groups is 1. The minimum Gasteiger partial charge on any atom is -0.332 e. The van der Waals surface area contributed by atoms with Gasteiger partial charge >= 0.3 is 6.03 Å². The van der Waals surface area contributed by atoms with Gasteiger partial charge in [-0.15, -0.1) is 6.42 Å². The van der Waals surface area contributed by atoms with E-state index < -0.39 is 6.03 Å². The van der Waals surface area contributed by atoms with Gasteiger partial charge < -0.3 is 10.6 Å². The molecular weight excluding hydrogens is 387 g/mol. The largest absolute Gasteiger partial charge is 0.332 e. The zero-order valence-electron chi connectivity index (χ0n) is 14.0. The van der Waals surface area contributed by atoms with Crippen LogP contribution >= 0.6 is 23.2 Å². The molecule has 0 saturated heterocycles. The molecule has 1 aromatic heterocycles. The highest BCUT2D eigenvalue weighted by Crippen LogP contribution is 2.24. The van der Waals surface area contributed by atoms with Crippen LogP contribution in [0, 0.1) is 12.3 Å². The molecule has 1 heterocycles. The van der Waals surface area contributed by atoms with Crippen LogP contribution in [0.5, 0.6) is 0 Å². The Bertz CT molecular complexity index is 1120. The third-order valence-electron chi connectivity index (χ3n) is 3.78. The van der Waals surface area contributed by atoms with Gasteiger partial charge in [-0.05, 0) is 24.3 Å². The van der Waals surface area contributed by atoms with Gasteiger partial charge in [0.15, 0.2) is 0 Å². The first kappa shape index (κ1) is 18.8. The fourth-order valence-electron chi connectivity index (χ4n) is 2.54. The second-order valence-electron chi connectivity index (χ2n) is 5.60. The predicted octanol–water partition coefficient (Wildman–Crippen LogP) is 3.66. The number of benzene rings is 2. The molecule has 0 aliphatic carbocycles. The van der Waals surface area contributed by atoms with Gasteiger partial charge in [0.2, 0.25) is 0 Å². The van der Waals surface area contributed by atoms with Crippen molar-refractivity contribution >= 4 is 45.7 Å². The molecule has 136 valence electrons. The average molecular weight is 401 g/mol. The maximum Gasteiger partial charge on any atom is 0.319 e. The molecule has 0 bridgehead atoms. The first-order chi connectivity index (χ1) is 13.0. The Hall–Kier alpha value is -3.01. The number of hydrogen-bond donors (Lipinski definition) is 2. The van der Waals surface area contributed by atoms with Gasteiger partial charge in [0.05, 0.1) is 27.7 Å². The van der Waals surface area contributed by atoms with E-state index in [2.05, 4.69) is 21.7 Å². The highest BCUT2D eigenvalue weighted by molar-refractivity contribution is 6.42. The number of amides is 2. The Kier molecular flexibility index (Phi) is 5.65. The average Bonchev–Trinajstić information content (AvgIpc) is 2.66. The topological polar surface area (TPSA) is 76.0 Å². The second-order valence-corrected chi connectivity index (χ2v) is 6.41. The van der Waals surface area contributed by atoms with Crippen LogP contribution in [0.1, 0.15) is 5.69 Å². The summed E-state index contributed by atoms with van der Waals surface area (Å²) in [5.74, 6) is 2.40. The molecule has 6 nitrogen and oxygen atoms in total. The first-order valence-electron chi connectivity index (χ1n) is 7.91. The molecule has 0 unspecified atom stereocenters. The fraction of sp³-hybridized carbons (Fsp3) is 0.105. The van der Waals surface area contributed by atoms with Crippen LogP contribution in [0.25, 0.3) is 10.8 Å². The Labute approximate surface area is 165 Å². The summed E-state index contributed by atoms with van der Waals surface area (Å²) in [4.78, 5) is 24.6. The van der Waals surface area contributed by atoms with Gasteiger partial charge in [0.1, 0.15) is 6.54 Å². The monoisotopic (exact) mass is 400 g/mol. The number of anilines is 1. The summed E-state index contributed by atoms with van der Waals surface area (Å²) in [5, 5.41) is 11.5. The number of aromatic nitrogens is 2. The first-order valence-corrected chi connectivity index (χ1v) is 8.67. The van der Waals surface area contributed by atoms with Gasteiger partial charge in [0.25, 0.3) is 5.56 Å². The highest BCUT2D eigenvalue weighted by atomic mass is 35.5. The summed E-state index contributed by atoms with van der Waals surface area (Å²) in [5.41, 5.74) is 0.759. The Morgan fingerprint density at radius 1 is 1.15 bits per heavy atom. The summed E-state index contributed by atoms with van der Waals surface area (Å²) < 4.78 is 1.20. The molecule has 8 heteroatoms. The van der Waals surface area contributed by atoms with Gasteiger partial charge in [-0.3, -0.25) is 4.79 Å². The molecule has 2 aromatic carbocycles. The van der Waals surface area contributed by atoms with Crippen molar-refractivity contribution in [2.45, 2.75) is 13.1 Å². The molecule has 3 aromatic rings. The maximum atomic E-state index is 12.4. The molecule has 2 N–H and O–H groups in total. The van der Waals surface area contributed by atoms with E-state index in [0.717, 1.165) is 0 Å². The maximum absolute atomic E-state index is 12.4. The SMILES string of the molecule is C#CCn1nc(CNC(=O)Nc2ccc(Cl)c(Cl)c2)c2ccccc2c1=O. The van der Waals surface area contributed by atoms with Gasteiger partial charge in [-0.1, -0.05) is 47.3 Å². The number of carbonyl (C=O) groups excluding carboxylic acids is 1. The molecule has 0 radical (unpaired) electrons. The van der Waals surface area contributed by atoms with Crippen molar-refractivity contribution in [3.05, 3.63) is 68.6 Å². The zero-order valence-corrected chi connectivity index (χ0v) is 15.5. The van der Waals surface area contributed by atoms with Gasteiger partial charge in [-0.2, -0.15) is 5.10 Å². The molecule has 0 atom stereocenters. The van der Waals surface area contributed by atoms with E-state index in [1.54, 1.807) is 42.5 Å².